The van der Waals surface area contributed by atoms with Crippen molar-refractivity contribution in [2.45, 2.75) is 52.8 Å². The van der Waals surface area contributed by atoms with E-state index in [0.29, 0.717) is 17.4 Å². The minimum absolute atomic E-state index is 0.0275. The van der Waals surface area contributed by atoms with Crippen molar-refractivity contribution in [1.82, 2.24) is 15.1 Å². The van der Waals surface area contributed by atoms with E-state index in [9.17, 15) is 5.11 Å². The maximum Gasteiger partial charge on any atom is 0.101 e. The molecule has 0 aliphatic heterocycles. The summed E-state index contributed by atoms with van der Waals surface area (Å²) in [6, 6.07) is 3.68. The number of hydrogen-bond donors (Lipinski definition) is 2. The zero-order valence-electron chi connectivity index (χ0n) is 13.8. The van der Waals surface area contributed by atoms with E-state index in [1.165, 1.54) is 22.6 Å². The molecule has 22 heavy (non-hydrogen) atoms. The molecule has 0 aliphatic rings. The largest absolute Gasteiger partial charge is 0.386 e. The number of halogens is 1. The second kappa shape index (κ2) is 6.71. The molecule has 6 heteroatoms. The summed E-state index contributed by atoms with van der Waals surface area (Å²) >= 11 is 7.31. The fourth-order valence-electron chi connectivity index (χ4n) is 2.53. The Kier molecular flexibility index (Phi) is 5.33. The highest BCUT2D eigenvalue weighted by Gasteiger charge is 2.20. The van der Waals surface area contributed by atoms with Crippen LogP contribution in [0, 0.1) is 13.8 Å². The van der Waals surface area contributed by atoms with Gasteiger partial charge < -0.3 is 10.4 Å². The summed E-state index contributed by atoms with van der Waals surface area (Å²) in [7, 11) is 0. The highest BCUT2D eigenvalue weighted by Crippen LogP contribution is 2.26. The molecule has 4 nitrogen and oxygen atoms in total. The molecule has 0 aromatic carbocycles. The SMILES string of the molecule is Cc1nn(C(C)(C)C)c(C)c1CNCC(O)c1ccc(Cl)s1. The smallest absolute Gasteiger partial charge is 0.101 e. The summed E-state index contributed by atoms with van der Waals surface area (Å²) in [5.41, 5.74) is 3.38. The standard InChI is InChI=1S/C16H24ClN3OS/c1-10-12(11(2)20(19-10)16(3,4)5)8-18-9-13(21)14-6-7-15(17)22-14/h6-7,13,18,21H,8-9H2,1-5H3. The van der Waals surface area contributed by atoms with Crippen molar-refractivity contribution in [3.63, 3.8) is 0 Å². The molecule has 122 valence electrons. The number of nitrogens with one attached hydrogen (secondary N) is 1. The van der Waals surface area contributed by atoms with Gasteiger partial charge in [0.1, 0.15) is 6.10 Å². The molecule has 0 fully saturated rings. The summed E-state index contributed by atoms with van der Waals surface area (Å²) < 4.78 is 2.77. The molecular weight excluding hydrogens is 318 g/mol. The van der Waals surface area contributed by atoms with Crippen molar-refractivity contribution >= 4 is 22.9 Å². The Morgan fingerprint density at radius 3 is 2.55 bits per heavy atom. The van der Waals surface area contributed by atoms with Gasteiger partial charge in [0.25, 0.3) is 0 Å². The van der Waals surface area contributed by atoms with Crippen LogP contribution in [0.3, 0.4) is 0 Å². The third kappa shape index (κ3) is 3.90. The van der Waals surface area contributed by atoms with Crippen LogP contribution >= 0.6 is 22.9 Å². The quantitative estimate of drug-likeness (QED) is 0.869. The molecule has 0 aliphatic carbocycles. The minimum Gasteiger partial charge on any atom is -0.386 e. The summed E-state index contributed by atoms with van der Waals surface area (Å²) in [6.07, 6.45) is -0.532. The lowest BCUT2D eigenvalue weighted by Crippen LogP contribution is -2.25. The van der Waals surface area contributed by atoms with Crippen molar-refractivity contribution in [2.75, 3.05) is 6.54 Å². The van der Waals surface area contributed by atoms with Crippen LogP contribution in [0.25, 0.3) is 0 Å². The summed E-state index contributed by atoms with van der Waals surface area (Å²) in [6.45, 7) is 11.8. The molecule has 0 saturated heterocycles. The van der Waals surface area contributed by atoms with Gasteiger partial charge in [0.15, 0.2) is 0 Å². The van der Waals surface area contributed by atoms with Crippen molar-refractivity contribution < 1.29 is 5.11 Å². The first-order valence-corrected chi connectivity index (χ1v) is 8.59. The highest BCUT2D eigenvalue weighted by molar-refractivity contribution is 7.16. The van der Waals surface area contributed by atoms with Crippen LogP contribution < -0.4 is 5.32 Å². The van der Waals surface area contributed by atoms with Crippen LogP contribution in [0.2, 0.25) is 4.34 Å². The fraction of sp³-hybridized carbons (Fsp3) is 0.562. The second-order valence-electron chi connectivity index (χ2n) is 6.52. The Morgan fingerprint density at radius 1 is 1.36 bits per heavy atom. The van der Waals surface area contributed by atoms with Gasteiger partial charge in [0.05, 0.1) is 15.6 Å². The Morgan fingerprint density at radius 2 is 2.05 bits per heavy atom. The molecule has 2 N–H and O–H groups in total. The van der Waals surface area contributed by atoms with Gasteiger partial charge in [-0.05, 0) is 46.8 Å². The van der Waals surface area contributed by atoms with Crippen molar-refractivity contribution in [3.05, 3.63) is 38.3 Å². The van der Waals surface area contributed by atoms with E-state index >= 15 is 0 Å². The van der Waals surface area contributed by atoms with Gasteiger partial charge in [-0.15, -0.1) is 11.3 Å². The third-order valence-electron chi connectivity index (χ3n) is 3.64. The van der Waals surface area contributed by atoms with Gasteiger partial charge in [-0.3, -0.25) is 4.68 Å². The van der Waals surface area contributed by atoms with E-state index in [1.54, 1.807) is 0 Å². The zero-order chi connectivity index (χ0) is 16.5. The molecule has 2 aromatic heterocycles. The summed E-state index contributed by atoms with van der Waals surface area (Å²) in [5.74, 6) is 0. The van der Waals surface area contributed by atoms with Crippen molar-refractivity contribution in [2.24, 2.45) is 0 Å². The van der Waals surface area contributed by atoms with E-state index < -0.39 is 6.10 Å². The van der Waals surface area contributed by atoms with Crippen LogP contribution in [0.1, 0.15) is 48.7 Å². The Hall–Kier alpha value is -0.880. The molecule has 2 aromatic rings. The van der Waals surface area contributed by atoms with Gasteiger partial charge in [-0.1, -0.05) is 11.6 Å². The average Bonchev–Trinajstić information content (AvgIpc) is 2.95. The van der Waals surface area contributed by atoms with E-state index in [-0.39, 0.29) is 5.54 Å². The molecule has 0 saturated carbocycles. The highest BCUT2D eigenvalue weighted by atomic mass is 35.5. The first kappa shape index (κ1) is 17.5. The lowest BCUT2D eigenvalue weighted by atomic mass is 10.1. The molecule has 0 spiro atoms. The molecule has 0 bridgehead atoms. The number of aliphatic hydroxyl groups excluding tert-OH is 1. The first-order valence-electron chi connectivity index (χ1n) is 7.39. The number of aryl methyl sites for hydroxylation is 1. The van der Waals surface area contributed by atoms with Gasteiger partial charge >= 0.3 is 0 Å². The fourth-order valence-corrected chi connectivity index (χ4v) is 3.57. The van der Waals surface area contributed by atoms with Crippen molar-refractivity contribution in [1.29, 1.82) is 0 Å². The molecule has 0 amide bonds. The first-order chi connectivity index (χ1) is 10.2. The number of hydrogen-bond acceptors (Lipinski definition) is 4. The third-order valence-corrected chi connectivity index (χ3v) is 4.97. The molecule has 2 rings (SSSR count). The molecule has 1 unspecified atom stereocenters. The topological polar surface area (TPSA) is 50.1 Å². The lowest BCUT2D eigenvalue weighted by molar-refractivity contribution is 0.178. The van der Waals surface area contributed by atoms with Crippen LogP contribution in [-0.4, -0.2) is 21.4 Å². The molecular formula is C16H24ClN3OS. The number of rotatable bonds is 5. The predicted molar refractivity (Wildman–Crippen MR) is 92.7 cm³/mol. The maximum absolute atomic E-state index is 10.2. The lowest BCUT2D eigenvalue weighted by Gasteiger charge is -2.21. The normalized spacial score (nSPS) is 13.6. The number of aromatic nitrogens is 2. The Bertz CT molecular complexity index is 642. The van der Waals surface area contributed by atoms with Gasteiger partial charge in [-0.25, -0.2) is 0 Å². The zero-order valence-corrected chi connectivity index (χ0v) is 15.3. The second-order valence-corrected chi connectivity index (χ2v) is 8.27. The number of nitrogens with zero attached hydrogens (tertiary/aromatic N) is 2. The van der Waals surface area contributed by atoms with E-state index in [4.69, 9.17) is 11.6 Å². The molecule has 2 heterocycles. The van der Waals surface area contributed by atoms with Crippen LogP contribution in [0.15, 0.2) is 12.1 Å². The van der Waals surface area contributed by atoms with E-state index in [2.05, 4.69) is 42.8 Å². The molecule has 0 radical (unpaired) electrons. The van der Waals surface area contributed by atoms with Crippen molar-refractivity contribution in [3.8, 4) is 0 Å². The van der Waals surface area contributed by atoms with Gasteiger partial charge in [0.2, 0.25) is 0 Å². The Labute approximate surface area is 141 Å². The minimum atomic E-state index is -0.532. The maximum atomic E-state index is 10.2. The Balaban J connectivity index is 1.99. The summed E-state index contributed by atoms with van der Waals surface area (Å²) in [5, 5.41) is 18.1. The molecule has 1 atom stereocenters. The number of aliphatic hydroxyl groups is 1. The average molecular weight is 342 g/mol. The summed E-state index contributed by atoms with van der Waals surface area (Å²) in [4.78, 5) is 0.885. The number of thiophene rings is 1. The predicted octanol–water partition coefficient (Wildman–Crippen LogP) is 3.79. The van der Waals surface area contributed by atoms with Crippen LogP contribution in [0.5, 0.6) is 0 Å². The monoisotopic (exact) mass is 341 g/mol. The van der Waals surface area contributed by atoms with E-state index in [1.807, 2.05) is 19.1 Å². The van der Waals surface area contributed by atoms with Crippen LogP contribution in [-0.2, 0) is 12.1 Å². The van der Waals surface area contributed by atoms with Crippen LogP contribution in [0.4, 0.5) is 0 Å². The van der Waals surface area contributed by atoms with E-state index in [0.717, 1.165) is 10.6 Å². The van der Waals surface area contributed by atoms with Gasteiger partial charge in [-0.2, -0.15) is 5.10 Å². The van der Waals surface area contributed by atoms with Gasteiger partial charge in [0, 0.05) is 29.2 Å².